The number of rotatable bonds is 14. The summed E-state index contributed by atoms with van der Waals surface area (Å²) in [4.78, 5) is 36.9. The molecule has 2 aliphatic rings. The third-order valence-electron chi connectivity index (χ3n) is 7.52. The molecule has 10 heteroatoms. The summed E-state index contributed by atoms with van der Waals surface area (Å²) in [6.07, 6.45) is 16.4. The summed E-state index contributed by atoms with van der Waals surface area (Å²) in [5.41, 5.74) is 0.726. The van der Waals surface area contributed by atoms with Crippen molar-refractivity contribution in [1.29, 1.82) is 0 Å². The summed E-state index contributed by atoms with van der Waals surface area (Å²) in [5, 5.41) is 39.1. The Balaban J connectivity index is 1.87. The molecule has 2 aliphatic heterocycles. The first-order chi connectivity index (χ1) is 20.7. The molecule has 0 aromatic carbocycles. The van der Waals surface area contributed by atoms with Gasteiger partial charge in [-0.05, 0) is 32.3 Å². The van der Waals surface area contributed by atoms with E-state index in [2.05, 4.69) is 26.8 Å². The molecule has 0 aliphatic carbocycles. The maximum Gasteiger partial charge on any atom is 0.303 e. The number of Topliss-reactive ketones (excluding diaryl/α,β-unsaturated/α-hetero) is 1. The van der Waals surface area contributed by atoms with Crippen molar-refractivity contribution in [2.24, 2.45) is 11.8 Å². The average Bonchev–Trinajstić information content (AvgIpc) is 3.16. The van der Waals surface area contributed by atoms with Gasteiger partial charge in [0.05, 0.1) is 24.4 Å². The number of carboxylic acids is 1. The summed E-state index contributed by atoms with van der Waals surface area (Å²) in [5.74, 6) is -2.43. The Kier molecular flexibility index (Phi) is 14.7. The van der Waals surface area contributed by atoms with Crippen molar-refractivity contribution in [3.63, 3.8) is 0 Å². The van der Waals surface area contributed by atoms with Gasteiger partial charge in [-0.15, -0.1) is 0 Å². The van der Waals surface area contributed by atoms with E-state index in [0.717, 1.165) is 10.5 Å². The molecule has 0 bridgehead atoms. The van der Waals surface area contributed by atoms with Gasteiger partial charge in [0.25, 0.3) is 5.91 Å². The lowest BCUT2D eigenvalue weighted by atomic mass is 9.92. The van der Waals surface area contributed by atoms with E-state index in [1.165, 1.54) is 19.2 Å². The lowest BCUT2D eigenvalue weighted by Crippen LogP contribution is -2.49. The van der Waals surface area contributed by atoms with Crippen LogP contribution >= 0.6 is 0 Å². The standard InChI is InChI=1S/C34H47NO9/c1-21(2)33(44-29-20-27(37)31(40)24(5)43-29)23(4)19-22(3)15-13-11-9-7-8-10-12-14-16-26(36)30-32(41)25(17-18-28(38)39)35(6)34(30)42/h7-16,19,21,23-25,27,29,31,33,36-37,40H,17-18,20H2,1-6H3,(H,38,39)/b8-7+,11-9+,12-10+,15-13+,16-14+,22-19+,30-26+/t23?,24-,25?,27+,29+,31-,33?/m1/s1. The largest absolute Gasteiger partial charge is 0.507 e. The minimum absolute atomic E-state index is 0.0119. The van der Waals surface area contributed by atoms with E-state index < -0.39 is 54.1 Å². The van der Waals surface area contributed by atoms with Gasteiger partial charge in [-0.25, -0.2) is 0 Å². The molecular weight excluding hydrogens is 566 g/mol. The number of carboxylic acid groups (broad SMARTS) is 1. The van der Waals surface area contributed by atoms with Crippen LogP contribution < -0.4 is 0 Å². The number of ether oxygens (including phenoxy) is 2. The lowest BCUT2D eigenvalue weighted by Gasteiger charge is -2.38. The van der Waals surface area contributed by atoms with E-state index in [1.807, 2.05) is 37.3 Å². The highest BCUT2D eigenvalue weighted by molar-refractivity contribution is 6.27. The first-order valence-electron chi connectivity index (χ1n) is 14.9. The summed E-state index contributed by atoms with van der Waals surface area (Å²) in [7, 11) is 1.41. The van der Waals surface area contributed by atoms with Gasteiger partial charge in [-0.3, -0.25) is 14.4 Å². The first kappa shape index (κ1) is 36.6. The molecule has 2 fully saturated rings. The van der Waals surface area contributed by atoms with Crippen LogP contribution in [0.2, 0.25) is 0 Å². The number of ketones is 1. The Bertz CT molecular complexity index is 1210. The molecule has 2 rings (SSSR count). The van der Waals surface area contributed by atoms with Crippen molar-refractivity contribution < 1.29 is 44.3 Å². The smallest absolute Gasteiger partial charge is 0.303 e. The topological polar surface area (TPSA) is 154 Å². The molecule has 1 amide bonds. The summed E-state index contributed by atoms with van der Waals surface area (Å²) in [6.45, 7) is 9.97. The molecule has 0 saturated carbocycles. The van der Waals surface area contributed by atoms with Crippen LogP contribution in [0.25, 0.3) is 0 Å². The molecule has 0 radical (unpaired) electrons. The van der Waals surface area contributed by atoms with Crippen LogP contribution in [0.5, 0.6) is 0 Å². The van der Waals surface area contributed by atoms with Crippen molar-refractivity contribution in [2.75, 3.05) is 7.05 Å². The minimum Gasteiger partial charge on any atom is -0.507 e. The van der Waals surface area contributed by atoms with Crippen molar-refractivity contribution >= 4 is 17.7 Å². The molecule has 7 atom stereocenters. The molecule has 0 spiro atoms. The second-order valence-electron chi connectivity index (χ2n) is 11.5. The SMILES string of the molecule is CC(/C=C/C=C/C=C/C=C/C=C/C(O)=C1/C(=O)C(CCC(=O)O)N(C)C1=O)=C\C(C)C(O[C@H]1C[C@H](O)[C@H](O)[C@@H](C)O1)C(C)C. The predicted molar refractivity (Wildman–Crippen MR) is 167 cm³/mol. The maximum absolute atomic E-state index is 12.5. The fourth-order valence-corrected chi connectivity index (χ4v) is 5.15. The third-order valence-corrected chi connectivity index (χ3v) is 7.52. The molecule has 10 nitrogen and oxygen atoms in total. The quantitative estimate of drug-likeness (QED) is 0.0970. The average molecular weight is 614 g/mol. The molecule has 3 unspecified atom stereocenters. The normalized spacial score (nSPS) is 28.2. The molecule has 4 N–H and O–H groups in total. The molecule has 0 aromatic heterocycles. The van der Waals surface area contributed by atoms with Crippen molar-refractivity contribution in [2.45, 2.75) is 90.6 Å². The minimum atomic E-state index is -1.06. The van der Waals surface area contributed by atoms with Gasteiger partial charge in [0.1, 0.15) is 17.4 Å². The second kappa shape index (κ2) is 17.7. The van der Waals surface area contributed by atoms with Crippen LogP contribution in [0.4, 0.5) is 0 Å². The monoisotopic (exact) mass is 613 g/mol. The number of aliphatic carboxylic acids is 1. The number of hydrogen-bond donors (Lipinski definition) is 4. The van der Waals surface area contributed by atoms with Crippen LogP contribution in [-0.2, 0) is 23.9 Å². The Morgan fingerprint density at radius 3 is 2.11 bits per heavy atom. The van der Waals surface area contributed by atoms with Gasteiger partial charge in [0, 0.05) is 25.8 Å². The molecule has 242 valence electrons. The van der Waals surface area contributed by atoms with Crippen LogP contribution in [0, 0.1) is 11.8 Å². The number of aliphatic hydroxyl groups excluding tert-OH is 3. The highest BCUT2D eigenvalue weighted by Gasteiger charge is 2.42. The number of hydrogen-bond acceptors (Lipinski definition) is 8. The lowest BCUT2D eigenvalue weighted by molar-refractivity contribution is -0.267. The van der Waals surface area contributed by atoms with Crippen molar-refractivity contribution in [1.82, 2.24) is 4.90 Å². The molecular formula is C34H47NO9. The van der Waals surface area contributed by atoms with Gasteiger partial charge < -0.3 is 34.8 Å². The first-order valence-corrected chi connectivity index (χ1v) is 14.9. The molecule has 44 heavy (non-hydrogen) atoms. The number of amides is 1. The Labute approximate surface area is 260 Å². The van der Waals surface area contributed by atoms with E-state index >= 15 is 0 Å². The molecule has 0 aromatic rings. The number of carbonyl (C=O) groups excluding carboxylic acids is 2. The highest BCUT2D eigenvalue weighted by atomic mass is 16.7. The number of carbonyl (C=O) groups is 3. The van der Waals surface area contributed by atoms with Crippen LogP contribution in [-0.4, -0.2) is 86.8 Å². The van der Waals surface area contributed by atoms with E-state index in [0.29, 0.717) is 0 Å². The van der Waals surface area contributed by atoms with Gasteiger partial charge in [0.15, 0.2) is 12.1 Å². The Hall–Kier alpha value is -3.57. The number of nitrogens with zero attached hydrogens (tertiary/aromatic N) is 1. The van der Waals surface area contributed by atoms with Gasteiger partial charge in [-0.2, -0.15) is 0 Å². The van der Waals surface area contributed by atoms with E-state index in [9.17, 15) is 29.7 Å². The molecule has 2 heterocycles. The van der Waals surface area contributed by atoms with Crippen molar-refractivity contribution in [3.8, 4) is 0 Å². The van der Waals surface area contributed by atoms with Gasteiger partial charge in [-0.1, -0.05) is 87.1 Å². The Morgan fingerprint density at radius 2 is 1.57 bits per heavy atom. The van der Waals surface area contributed by atoms with Gasteiger partial charge >= 0.3 is 5.97 Å². The second-order valence-corrected chi connectivity index (χ2v) is 11.5. The van der Waals surface area contributed by atoms with E-state index in [-0.39, 0.29) is 42.8 Å². The van der Waals surface area contributed by atoms with Crippen LogP contribution in [0.15, 0.2) is 83.7 Å². The molecule has 2 saturated heterocycles. The zero-order valence-corrected chi connectivity index (χ0v) is 26.4. The van der Waals surface area contributed by atoms with Crippen molar-refractivity contribution in [3.05, 3.63) is 83.7 Å². The number of allylic oxidation sites excluding steroid dienone is 11. The number of likely N-dealkylation sites (tertiary alicyclic amines) is 1. The van der Waals surface area contributed by atoms with Gasteiger partial charge in [0.2, 0.25) is 0 Å². The number of likely N-dealkylation sites (N-methyl/N-ethyl adjacent to an activating group) is 1. The third kappa shape index (κ3) is 10.9. The van der Waals surface area contributed by atoms with E-state index in [4.69, 9.17) is 14.6 Å². The fourth-order valence-electron chi connectivity index (χ4n) is 5.15. The predicted octanol–water partition coefficient (Wildman–Crippen LogP) is 4.33. The maximum atomic E-state index is 12.5. The summed E-state index contributed by atoms with van der Waals surface area (Å²) < 4.78 is 12.0. The van der Waals surface area contributed by atoms with Crippen LogP contribution in [0.3, 0.4) is 0 Å². The zero-order valence-electron chi connectivity index (χ0n) is 26.4. The highest BCUT2D eigenvalue weighted by Crippen LogP contribution is 2.28. The zero-order chi connectivity index (χ0) is 33.0. The summed E-state index contributed by atoms with van der Waals surface area (Å²) in [6, 6.07) is -0.894. The fraction of sp³-hybridized carbons (Fsp3) is 0.500. The Morgan fingerprint density at radius 1 is 1.00 bits per heavy atom. The number of aliphatic hydroxyl groups is 3. The van der Waals surface area contributed by atoms with Crippen LogP contribution in [0.1, 0.15) is 53.9 Å². The van der Waals surface area contributed by atoms with E-state index in [1.54, 1.807) is 25.2 Å². The summed E-state index contributed by atoms with van der Waals surface area (Å²) >= 11 is 0.